The average Bonchev–Trinajstić information content (AvgIpc) is 2.42. The van der Waals surface area contributed by atoms with E-state index in [-0.39, 0.29) is 11.7 Å². The number of ether oxygens (including phenoxy) is 1. The summed E-state index contributed by atoms with van der Waals surface area (Å²) in [5.74, 6) is 0.167. The van der Waals surface area contributed by atoms with Crippen LogP contribution in [0, 0.1) is 6.92 Å². The van der Waals surface area contributed by atoms with Crippen LogP contribution in [0.15, 0.2) is 36.4 Å². The fourth-order valence-corrected chi connectivity index (χ4v) is 2.01. The molecule has 0 aromatic heterocycles. The maximum Gasteiger partial charge on any atom is 0.255 e. The van der Waals surface area contributed by atoms with Gasteiger partial charge in [-0.1, -0.05) is 17.7 Å². The molecule has 5 heteroatoms. The predicted molar refractivity (Wildman–Crippen MR) is 78.8 cm³/mol. The van der Waals surface area contributed by atoms with Gasteiger partial charge in [-0.3, -0.25) is 4.79 Å². The van der Waals surface area contributed by atoms with Gasteiger partial charge >= 0.3 is 0 Å². The van der Waals surface area contributed by atoms with Crippen LogP contribution in [0.2, 0.25) is 5.02 Å². The number of benzene rings is 2. The topological polar surface area (TPSA) is 58.6 Å². The van der Waals surface area contributed by atoms with Crippen molar-refractivity contribution in [3.8, 4) is 11.5 Å². The minimum absolute atomic E-state index is 0.0172. The summed E-state index contributed by atoms with van der Waals surface area (Å²) in [6.45, 7) is 1.87. The van der Waals surface area contributed by atoms with Crippen molar-refractivity contribution in [1.29, 1.82) is 0 Å². The molecule has 2 N–H and O–H groups in total. The number of aromatic hydroxyl groups is 1. The number of carbonyl (C=O) groups is 1. The Morgan fingerprint density at radius 2 is 2.00 bits per heavy atom. The first-order valence-corrected chi connectivity index (χ1v) is 6.33. The summed E-state index contributed by atoms with van der Waals surface area (Å²) in [4.78, 5) is 12.1. The van der Waals surface area contributed by atoms with E-state index in [1.54, 1.807) is 24.3 Å². The van der Waals surface area contributed by atoms with Crippen LogP contribution >= 0.6 is 11.6 Å². The highest BCUT2D eigenvalue weighted by Gasteiger charge is 2.11. The van der Waals surface area contributed by atoms with E-state index in [9.17, 15) is 9.90 Å². The van der Waals surface area contributed by atoms with E-state index in [1.165, 1.54) is 19.2 Å². The summed E-state index contributed by atoms with van der Waals surface area (Å²) in [5.41, 5.74) is 1.68. The molecule has 0 heterocycles. The van der Waals surface area contributed by atoms with Crippen molar-refractivity contribution in [2.24, 2.45) is 0 Å². The van der Waals surface area contributed by atoms with Gasteiger partial charge in [0.05, 0.1) is 17.8 Å². The lowest BCUT2D eigenvalue weighted by atomic mass is 10.1. The second kappa shape index (κ2) is 5.84. The molecule has 2 aromatic carbocycles. The smallest absolute Gasteiger partial charge is 0.255 e. The van der Waals surface area contributed by atoms with Crippen molar-refractivity contribution in [3.05, 3.63) is 52.5 Å². The average molecular weight is 292 g/mol. The number of nitrogens with one attached hydrogen (secondary N) is 1. The highest BCUT2D eigenvalue weighted by Crippen LogP contribution is 2.27. The largest absolute Gasteiger partial charge is 0.506 e. The third-order valence-corrected chi connectivity index (χ3v) is 3.11. The number of hydrogen-bond donors (Lipinski definition) is 2. The molecule has 1 amide bonds. The first-order valence-electron chi connectivity index (χ1n) is 5.96. The van der Waals surface area contributed by atoms with E-state index < -0.39 is 0 Å². The summed E-state index contributed by atoms with van der Waals surface area (Å²) in [5, 5.41) is 12.7. The molecule has 0 saturated heterocycles. The summed E-state index contributed by atoms with van der Waals surface area (Å²) < 4.78 is 5.03. The fourth-order valence-electron chi connectivity index (χ4n) is 1.75. The zero-order valence-electron chi connectivity index (χ0n) is 11.1. The fraction of sp³-hybridized carbons (Fsp3) is 0.133. The van der Waals surface area contributed by atoms with Crippen molar-refractivity contribution in [3.63, 3.8) is 0 Å². The number of phenolic OH excluding ortho intramolecular Hbond substituents is 1. The first kappa shape index (κ1) is 14.2. The molecule has 2 rings (SSSR count). The number of amides is 1. The molecule has 20 heavy (non-hydrogen) atoms. The van der Waals surface area contributed by atoms with Crippen molar-refractivity contribution in [2.45, 2.75) is 6.92 Å². The predicted octanol–water partition coefficient (Wildman–Crippen LogP) is 3.61. The van der Waals surface area contributed by atoms with Crippen LogP contribution in [-0.4, -0.2) is 18.1 Å². The molecule has 0 aliphatic rings. The van der Waals surface area contributed by atoms with Gasteiger partial charge in [0.25, 0.3) is 5.91 Å². The maximum atomic E-state index is 12.1. The third kappa shape index (κ3) is 3.03. The summed E-state index contributed by atoms with van der Waals surface area (Å²) in [6.07, 6.45) is 0. The van der Waals surface area contributed by atoms with Crippen LogP contribution in [0.3, 0.4) is 0 Å². The Hall–Kier alpha value is -2.20. The van der Waals surface area contributed by atoms with Gasteiger partial charge in [0.1, 0.15) is 11.5 Å². The van der Waals surface area contributed by atoms with Gasteiger partial charge in [0.2, 0.25) is 0 Å². The Balaban J connectivity index is 2.24. The van der Waals surface area contributed by atoms with Crippen molar-refractivity contribution in [2.75, 3.05) is 12.4 Å². The molecule has 0 radical (unpaired) electrons. The van der Waals surface area contributed by atoms with Crippen LogP contribution in [0.1, 0.15) is 15.9 Å². The highest BCUT2D eigenvalue weighted by atomic mass is 35.5. The number of hydrogen-bond acceptors (Lipinski definition) is 3. The Kier molecular flexibility index (Phi) is 4.15. The Morgan fingerprint density at radius 1 is 1.25 bits per heavy atom. The Labute approximate surface area is 122 Å². The van der Waals surface area contributed by atoms with Crippen molar-refractivity contribution < 1.29 is 14.6 Å². The molecule has 0 unspecified atom stereocenters. The molecule has 104 valence electrons. The molecule has 0 aliphatic carbocycles. The van der Waals surface area contributed by atoms with E-state index in [0.29, 0.717) is 22.0 Å². The first-order chi connectivity index (χ1) is 9.51. The van der Waals surface area contributed by atoms with Crippen LogP contribution in [-0.2, 0) is 0 Å². The molecule has 0 aliphatic heterocycles. The van der Waals surface area contributed by atoms with E-state index >= 15 is 0 Å². The quantitative estimate of drug-likeness (QED) is 0.849. The lowest BCUT2D eigenvalue weighted by Crippen LogP contribution is -2.12. The van der Waals surface area contributed by atoms with Gasteiger partial charge in [-0.25, -0.2) is 0 Å². The molecule has 0 saturated carbocycles. The third-order valence-electron chi connectivity index (χ3n) is 2.81. The summed E-state index contributed by atoms with van der Waals surface area (Å²) >= 11 is 5.98. The molecule has 0 fully saturated rings. The van der Waals surface area contributed by atoms with Crippen molar-refractivity contribution >= 4 is 23.2 Å². The monoisotopic (exact) mass is 291 g/mol. The Bertz CT molecular complexity index is 656. The van der Waals surface area contributed by atoms with Crippen LogP contribution in [0.5, 0.6) is 11.5 Å². The zero-order chi connectivity index (χ0) is 14.7. The molecular weight excluding hydrogens is 278 g/mol. The molecule has 0 atom stereocenters. The number of halogens is 1. The van der Waals surface area contributed by atoms with Crippen LogP contribution < -0.4 is 10.1 Å². The number of rotatable bonds is 3. The SMILES string of the molecule is COc1ccc(C(=O)Nc2cc(C)ccc2O)cc1Cl. The standard InChI is InChI=1S/C15H14ClNO3/c1-9-3-5-13(18)12(7-9)17-15(19)10-4-6-14(20-2)11(16)8-10/h3-8,18H,1-2H3,(H,17,19). The number of anilines is 1. The van der Waals surface area contributed by atoms with E-state index in [2.05, 4.69) is 5.32 Å². The van der Waals surface area contributed by atoms with E-state index in [0.717, 1.165) is 5.56 Å². The number of methoxy groups -OCH3 is 1. The minimum atomic E-state index is -0.351. The van der Waals surface area contributed by atoms with Gasteiger partial charge in [-0.2, -0.15) is 0 Å². The molecule has 4 nitrogen and oxygen atoms in total. The van der Waals surface area contributed by atoms with Crippen LogP contribution in [0.25, 0.3) is 0 Å². The molecule has 0 spiro atoms. The minimum Gasteiger partial charge on any atom is -0.506 e. The van der Waals surface area contributed by atoms with Gasteiger partial charge in [-0.05, 0) is 42.8 Å². The van der Waals surface area contributed by atoms with Crippen LogP contribution in [0.4, 0.5) is 5.69 Å². The summed E-state index contributed by atoms with van der Waals surface area (Å²) in [7, 11) is 1.51. The number of phenols is 1. The second-order valence-electron chi connectivity index (χ2n) is 4.32. The van der Waals surface area contributed by atoms with Gasteiger partial charge < -0.3 is 15.2 Å². The van der Waals surface area contributed by atoms with Gasteiger partial charge in [-0.15, -0.1) is 0 Å². The molecular formula is C15H14ClNO3. The van der Waals surface area contributed by atoms with E-state index in [4.69, 9.17) is 16.3 Å². The lowest BCUT2D eigenvalue weighted by Gasteiger charge is -2.09. The molecule has 2 aromatic rings. The van der Waals surface area contributed by atoms with Gasteiger partial charge in [0.15, 0.2) is 0 Å². The molecule has 0 bridgehead atoms. The lowest BCUT2D eigenvalue weighted by molar-refractivity contribution is 0.102. The number of aryl methyl sites for hydroxylation is 1. The van der Waals surface area contributed by atoms with Gasteiger partial charge in [0, 0.05) is 5.56 Å². The maximum absolute atomic E-state index is 12.1. The zero-order valence-corrected chi connectivity index (χ0v) is 11.9. The normalized spacial score (nSPS) is 10.2. The van der Waals surface area contributed by atoms with E-state index in [1.807, 2.05) is 6.92 Å². The summed E-state index contributed by atoms with van der Waals surface area (Å²) in [6, 6.07) is 9.72. The number of carbonyl (C=O) groups excluding carboxylic acids is 1. The second-order valence-corrected chi connectivity index (χ2v) is 4.73. The highest BCUT2D eigenvalue weighted by molar-refractivity contribution is 6.32. The van der Waals surface area contributed by atoms with Crippen molar-refractivity contribution in [1.82, 2.24) is 0 Å². The Morgan fingerprint density at radius 3 is 2.65 bits per heavy atom.